The predicted octanol–water partition coefficient (Wildman–Crippen LogP) is 0.380. The van der Waals surface area contributed by atoms with Crippen LogP contribution in [0.1, 0.15) is 0 Å². The summed E-state index contributed by atoms with van der Waals surface area (Å²) < 4.78 is 10.0. The van der Waals surface area contributed by atoms with Crippen molar-refractivity contribution in [3.63, 3.8) is 0 Å². The van der Waals surface area contributed by atoms with Gasteiger partial charge in [-0.15, -0.1) is 23.5 Å². The molecule has 0 saturated carbocycles. The molecule has 0 aliphatic carbocycles. The lowest BCUT2D eigenvalue weighted by molar-refractivity contribution is 0.0304. The van der Waals surface area contributed by atoms with Crippen LogP contribution >= 0.6 is 23.5 Å². The topological polar surface area (TPSA) is 59.6 Å². The molecule has 0 spiro atoms. The molecule has 0 bridgehead atoms. The predicted molar refractivity (Wildman–Crippen MR) is 56.1 cm³/mol. The minimum atomic E-state index is -0.608. The molecule has 5 nitrogen and oxygen atoms in total. The summed E-state index contributed by atoms with van der Waals surface area (Å²) >= 11 is 3.13. The van der Waals surface area contributed by atoms with Gasteiger partial charge in [-0.05, 0) is 0 Å². The van der Waals surface area contributed by atoms with Gasteiger partial charge in [0.05, 0.1) is 0 Å². The molecule has 2 saturated heterocycles. The van der Waals surface area contributed by atoms with Crippen LogP contribution in [0.15, 0.2) is 0 Å². The standard InChI is InChI=1S/C7H12N2O3S2/c10-7(11-5-8-1-3-13-5)12-6-9-2-4-14-6/h5-6,8-9H,1-4H2. The minimum Gasteiger partial charge on any atom is -0.406 e. The van der Waals surface area contributed by atoms with Crippen molar-refractivity contribution in [1.82, 2.24) is 10.6 Å². The minimum absolute atomic E-state index is 0.242. The smallest absolute Gasteiger partial charge is 0.406 e. The summed E-state index contributed by atoms with van der Waals surface area (Å²) in [5, 5.41) is 6.05. The van der Waals surface area contributed by atoms with Crippen molar-refractivity contribution >= 4 is 29.7 Å². The second-order valence-electron chi connectivity index (χ2n) is 2.80. The van der Waals surface area contributed by atoms with E-state index in [-0.39, 0.29) is 11.1 Å². The Morgan fingerprint density at radius 1 is 1.07 bits per heavy atom. The lowest BCUT2D eigenvalue weighted by Gasteiger charge is -2.14. The Morgan fingerprint density at radius 2 is 1.57 bits per heavy atom. The van der Waals surface area contributed by atoms with E-state index in [1.165, 1.54) is 0 Å². The summed E-state index contributed by atoms with van der Waals surface area (Å²) in [6, 6.07) is 0. The van der Waals surface area contributed by atoms with Crippen LogP contribution < -0.4 is 10.6 Å². The zero-order chi connectivity index (χ0) is 9.80. The van der Waals surface area contributed by atoms with Crippen LogP contribution in [-0.4, -0.2) is 41.9 Å². The van der Waals surface area contributed by atoms with Gasteiger partial charge in [-0.1, -0.05) is 0 Å². The fraction of sp³-hybridized carbons (Fsp3) is 0.857. The summed E-state index contributed by atoms with van der Waals surface area (Å²) in [7, 11) is 0. The fourth-order valence-corrected chi connectivity index (χ4v) is 2.82. The van der Waals surface area contributed by atoms with Crippen LogP contribution in [0, 0.1) is 0 Å². The largest absolute Gasteiger partial charge is 0.512 e. The third-order valence-electron chi connectivity index (χ3n) is 1.77. The Hall–Kier alpha value is -0.110. The number of nitrogens with one attached hydrogen (secondary N) is 2. The summed E-state index contributed by atoms with van der Waals surface area (Å²) in [6.07, 6.45) is -0.608. The number of ether oxygens (including phenoxy) is 2. The van der Waals surface area contributed by atoms with Gasteiger partial charge in [-0.2, -0.15) is 0 Å². The highest BCUT2D eigenvalue weighted by atomic mass is 32.2. The number of carbonyl (C=O) groups excluding carboxylic acids is 1. The van der Waals surface area contributed by atoms with Gasteiger partial charge in [-0.3, -0.25) is 10.6 Å². The zero-order valence-corrected chi connectivity index (χ0v) is 9.16. The molecule has 0 aromatic rings. The Kier molecular flexibility index (Phi) is 3.80. The second-order valence-corrected chi connectivity index (χ2v) is 5.14. The van der Waals surface area contributed by atoms with Crippen molar-refractivity contribution in [3.8, 4) is 0 Å². The van der Waals surface area contributed by atoms with E-state index in [0.29, 0.717) is 0 Å². The van der Waals surface area contributed by atoms with Crippen molar-refractivity contribution in [1.29, 1.82) is 0 Å². The van der Waals surface area contributed by atoms with Gasteiger partial charge in [0.15, 0.2) is 0 Å². The molecule has 0 aromatic heterocycles. The molecule has 7 heteroatoms. The molecule has 2 aliphatic heterocycles. The Bertz CT molecular complexity index is 185. The van der Waals surface area contributed by atoms with Crippen molar-refractivity contribution in [2.75, 3.05) is 24.6 Å². The molecule has 2 rings (SSSR count). The Balaban J connectivity index is 1.66. The van der Waals surface area contributed by atoms with E-state index in [2.05, 4.69) is 10.6 Å². The number of hydrogen-bond acceptors (Lipinski definition) is 7. The molecular weight excluding hydrogens is 224 g/mol. The Labute approximate surface area is 90.7 Å². The van der Waals surface area contributed by atoms with Gasteiger partial charge in [-0.25, -0.2) is 4.79 Å². The third kappa shape index (κ3) is 2.94. The first-order valence-electron chi connectivity index (χ1n) is 4.42. The average Bonchev–Trinajstić information content (AvgIpc) is 2.76. The van der Waals surface area contributed by atoms with Crippen molar-refractivity contribution < 1.29 is 14.3 Å². The van der Waals surface area contributed by atoms with Crippen LogP contribution in [-0.2, 0) is 9.47 Å². The number of rotatable bonds is 2. The van der Waals surface area contributed by atoms with Gasteiger partial charge >= 0.3 is 6.16 Å². The van der Waals surface area contributed by atoms with Gasteiger partial charge in [0, 0.05) is 24.6 Å². The highest BCUT2D eigenvalue weighted by Gasteiger charge is 2.24. The first kappa shape index (κ1) is 10.4. The summed E-state index contributed by atoms with van der Waals surface area (Å²) in [6.45, 7) is 1.75. The molecular formula is C7H12N2O3S2. The SMILES string of the molecule is O=C(OC1NCCS1)OC1NCCS1. The quantitative estimate of drug-likeness (QED) is 0.672. The number of hydrogen-bond donors (Lipinski definition) is 2. The van der Waals surface area contributed by atoms with E-state index < -0.39 is 6.16 Å². The van der Waals surface area contributed by atoms with Crippen LogP contribution in [0.3, 0.4) is 0 Å². The highest BCUT2D eigenvalue weighted by Crippen LogP contribution is 2.18. The number of thioether (sulfide) groups is 2. The van der Waals surface area contributed by atoms with E-state index in [4.69, 9.17) is 9.47 Å². The molecule has 2 aliphatic rings. The van der Waals surface area contributed by atoms with Crippen LogP contribution in [0.4, 0.5) is 4.79 Å². The maximum Gasteiger partial charge on any atom is 0.512 e. The summed E-state index contributed by atoms with van der Waals surface area (Å²) in [4.78, 5) is 11.2. The average molecular weight is 236 g/mol. The van der Waals surface area contributed by atoms with Gasteiger partial charge in [0.2, 0.25) is 11.1 Å². The fourth-order valence-electron chi connectivity index (χ4n) is 1.16. The van der Waals surface area contributed by atoms with Crippen LogP contribution in [0.2, 0.25) is 0 Å². The monoisotopic (exact) mass is 236 g/mol. The van der Waals surface area contributed by atoms with Crippen LogP contribution in [0.25, 0.3) is 0 Å². The lowest BCUT2D eigenvalue weighted by Crippen LogP contribution is -2.31. The molecule has 2 N–H and O–H groups in total. The second kappa shape index (κ2) is 5.11. The molecule has 2 unspecified atom stereocenters. The first-order valence-corrected chi connectivity index (χ1v) is 6.51. The van der Waals surface area contributed by atoms with Crippen molar-refractivity contribution in [2.24, 2.45) is 0 Å². The molecule has 0 amide bonds. The molecule has 2 atom stereocenters. The van der Waals surface area contributed by atoms with Gasteiger partial charge in [0.25, 0.3) is 0 Å². The van der Waals surface area contributed by atoms with E-state index in [1.807, 2.05) is 0 Å². The molecule has 2 heterocycles. The van der Waals surface area contributed by atoms with Crippen molar-refractivity contribution in [2.45, 2.75) is 11.1 Å². The summed E-state index contributed by atoms with van der Waals surface area (Å²) in [5.74, 6) is 1.93. The maximum absolute atomic E-state index is 11.2. The van der Waals surface area contributed by atoms with E-state index in [9.17, 15) is 4.79 Å². The van der Waals surface area contributed by atoms with Gasteiger partial charge < -0.3 is 9.47 Å². The molecule has 0 radical (unpaired) electrons. The Morgan fingerprint density at radius 3 is 1.93 bits per heavy atom. The van der Waals surface area contributed by atoms with E-state index in [1.54, 1.807) is 23.5 Å². The third-order valence-corrected chi connectivity index (χ3v) is 3.78. The molecule has 80 valence electrons. The van der Waals surface area contributed by atoms with Crippen molar-refractivity contribution in [3.05, 3.63) is 0 Å². The van der Waals surface area contributed by atoms with Crippen LogP contribution in [0.5, 0.6) is 0 Å². The molecule has 14 heavy (non-hydrogen) atoms. The molecule has 2 fully saturated rings. The summed E-state index contributed by atoms with van der Waals surface area (Å²) in [5.41, 5.74) is -0.484. The lowest BCUT2D eigenvalue weighted by atomic mass is 10.8. The first-order chi connectivity index (χ1) is 6.84. The maximum atomic E-state index is 11.2. The normalized spacial score (nSPS) is 31.7. The number of carbonyl (C=O) groups is 1. The molecule has 0 aromatic carbocycles. The van der Waals surface area contributed by atoms with E-state index in [0.717, 1.165) is 24.6 Å². The zero-order valence-electron chi connectivity index (χ0n) is 7.52. The van der Waals surface area contributed by atoms with E-state index >= 15 is 0 Å². The highest BCUT2D eigenvalue weighted by molar-refractivity contribution is 8.00. The van der Waals surface area contributed by atoms with Gasteiger partial charge in [0.1, 0.15) is 0 Å².